The molecule has 2 heterocycles. The molecule has 3 rings (SSSR count). The van der Waals surface area contributed by atoms with E-state index in [1.165, 1.54) is 17.4 Å². The van der Waals surface area contributed by atoms with Crippen LogP contribution in [-0.4, -0.2) is 17.6 Å². The van der Waals surface area contributed by atoms with Gasteiger partial charge >= 0.3 is 0 Å². The molecule has 0 radical (unpaired) electrons. The van der Waals surface area contributed by atoms with Crippen LogP contribution >= 0.6 is 11.3 Å². The number of amides is 1. The van der Waals surface area contributed by atoms with Gasteiger partial charge in [0.25, 0.3) is 0 Å². The standard InChI is InChI=1S/C18H17NO3S/c1-18(21,16-10-14-4-2-3-5-15(14)23-16)12-19-17(20)7-6-13-8-9-22-11-13/h2-11,21H,12H2,1H3,(H,19,20)/b7-6+/t18-/m0/s1. The summed E-state index contributed by atoms with van der Waals surface area (Å²) < 4.78 is 6.05. The Morgan fingerprint density at radius 1 is 1.39 bits per heavy atom. The third kappa shape index (κ3) is 3.70. The highest BCUT2D eigenvalue weighted by Crippen LogP contribution is 2.32. The van der Waals surface area contributed by atoms with Gasteiger partial charge in [0, 0.05) is 21.2 Å². The molecule has 0 unspecified atom stereocenters. The molecule has 0 aliphatic carbocycles. The second-order valence-corrected chi connectivity index (χ2v) is 6.61. The molecule has 2 N–H and O–H groups in total. The van der Waals surface area contributed by atoms with Crippen molar-refractivity contribution in [3.05, 3.63) is 65.4 Å². The minimum Gasteiger partial charge on any atom is -0.472 e. The molecule has 3 aromatic rings. The van der Waals surface area contributed by atoms with E-state index in [0.29, 0.717) is 0 Å². The Hall–Kier alpha value is -2.37. The van der Waals surface area contributed by atoms with Crippen LogP contribution in [0.5, 0.6) is 0 Å². The minimum atomic E-state index is -1.11. The van der Waals surface area contributed by atoms with Crippen LogP contribution in [-0.2, 0) is 10.4 Å². The second kappa shape index (κ2) is 6.40. The zero-order valence-electron chi connectivity index (χ0n) is 12.7. The molecule has 0 fully saturated rings. The van der Waals surface area contributed by atoms with E-state index >= 15 is 0 Å². The topological polar surface area (TPSA) is 62.5 Å². The summed E-state index contributed by atoms with van der Waals surface area (Å²) in [6.45, 7) is 1.85. The molecule has 0 saturated carbocycles. The number of carbonyl (C=O) groups excluding carboxylic acids is 1. The lowest BCUT2D eigenvalue weighted by atomic mass is 10.0. The molecular formula is C18H17NO3S. The van der Waals surface area contributed by atoms with Gasteiger partial charge in [-0.05, 0) is 36.6 Å². The Morgan fingerprint density at radius 2 is 2.22 bits per heavy atom. The van der Waals surface area contributed by atoms with Crippen molar-refractivity contribution in [3.8, 4) is 0 Å². The quantitative estimate of drug-likeness (QED) is 0.705. The van der Waals surface area contributed by atoms with E-state index in [-0.39, 0.29) is 12.5 Å². The fraction of sp³-hybridized carbons (Fsp3) is 0.167. The predicted molar refractivity (Wildman–Crippen MR) is 92.1 cm³/mol. The summed E-state index contributed by atoms with van der Waals surface area (Å²) in [4.78, 5) is 12.7. The number of carbonyl (C=O) groups is 1. The number of rotatable bonds is 5. The monoisotopic (exact) mass is 327 g/mol. The van der Waals surface area contributed by atoms with Crippen molar-refractivity contribution in [1.82, 2.24) is 5.32 Å². The Kier molecular flexibility index (Phi) is 4.32. The van der Waals surface area contributed by atoms with Gasteiger partial charge in [0.2, 0.25) is 5.91 Å². The van der Waals surface area contributed by atoms with E-state index in [2.05, 4.69) is 5.32 Å². The molecule has 0 bridgehead atoms. The van der Waals surface area contributed by atoms with Gasteiger partial charge in [-0.15, -0.1) is 11.3 Å². The first-order chi connectivity index (χ1) is 11.0. The van der Waals surface area contributed by atoms with Gasteiger partial charge in [-0.3, -0.25) is 4.79 Å². The van der Waals surface area contributed by atoms with Crippen molar-refractivity contribution in [2.24, 2.45) is 0 Å². The normalized spacial score (nSPS) is 14.2. The molecule has 1 aromatic carbocycles. The first-order valence-electron chi connectivity index (χ1n) is 7.24. The smallest absolute Gasteiger partial charge is 0.244 e. The van der Waals surface area contributed by atoms with E-state index in [0.717, 1.165) is 20.5 Å². The number of fused-ring (bicyclic) bond motifs is 1. The summed E-state index contributed by atoms with van der Waals surface area (Å²) in [5.74, 6) is -0.257. The van der Waals surface area contributed by atoms with Gasteiger partial charge in [-0.2, -0.15) is 0 Å². The van der Waals surface area contributed by atoms with Crippen LogP contribution in [0.25, 0.3) is 16.2 Å². The van der Waals surface area contributed by atoms with Crippen molar-refractivity contribution in [2.75, 3.05) is 6.54 Å². The first kappa shape index (κ1) is 15.5. The zero-order chi connectivity index (χ0) is 16.3. The maximum absolute atomic E-state index is 11.9. The highest BCUT2D eigenvalue weighted by molar-refractivity contribution is 7.19. The first-order valence-corrected chi connectivity index (χ1v) is 8.06. The minimum absolute atomic E-state index is 0.147. The highest BCUT2D eigenvalue weighted by atomic mass is 32.1. The zero-order valence-corrected chi connectivity index (χ0v) is 13.5. The van der Waals surface area contributed by atoms with Gasteiger partial charge in [0.15, 0.2) is 0 Å². The van der Waals surface area contributed by atoms with Crippen LogP contribution in [0, 0.1) is 0 Å². The molecule has 1 atom stereocenters. The summed E-state index contributed by atoms with van der Waals surface area (Å²) in [6, 6.07) is 11.7. The van der Waals surface area contributed by atoms with E-state index in [4.69, 9.17) is 4.42 Å². The van der Waals surface area contributed by atoms with E-state index in [1.807, 2.05) is 30.3 Å². The maximum Gasteiger partial charge on any atom is 0.244 e. The molecule has 0 aliphatic rings. The number of hydrogen-bond acceptors (Lipinski definition) is 4. The molecule has 5 heteroatoms. The van der Waals surface area contributed by atoms with Gasteiger partial charge in [0.1, 0.15) is 5.60 Å². The van der Waals surface area contributed by atoms with Gasteiger partial charge in [-0.1, -0.05) is 18.2 Å². The lowest BCUT2D eigenvalue weighted by Gasteiger charge is -2.21. The lowest BCUT2D eigenvalue weighted by Crippen LogP contribution is -2.37. The maximum atomic E-state index is 11.9. The second-order valence-electron chi connectivity index (χ2n) is 5.53. The molecule has 0 aliphatic heterocycles. The Morgan fingerprint density at radius 3 is 2.96 bits per heavy atom. The van der Waals surface area contributed by atoms with Crippen LogP contribution in [0.2, 0.25) is 0 Å². The number of benzene rings is 1. The average molecular weight is 327 g/mol. The summed E-state index contributed by atoms with van der Waals surface area (Å²) in [7, 11) is 0. The fourth-order valence-electron chi connectivity index (χ4n) is 2.19. The van der Waals surface area contributed by atoms with Crippen LogP contribution in [0.3, 0.4) is 0 Å². The highest BCUT2D eigenvalue weighted by Gasteiger charge is 2.25. The van der Waals surface area contributed by atoms with Crippen molar-refractivity contribution in [2.45, 2.75) is 12.5 Å². The summed E-state index contributed by atoms with van der Waals surface area (Å²) >= 11 is 1.54. The van der Waals surface area contributed by atoms with E-state index in [9.17, 15) is 9.90 Å². The van der Waals surface area contributed by atoms with Crippen LogP contribution in [0.15, 0.2) is 59.4 Å². The van der Waals surface area contributed by atoms with Crippen molar-refractivity contribution >= 4 is 33.4 Å². The van der Waals surface area contributed by atoms with Crippen molar-refractivity contribution in [1.29, 1.82) is 0 Å². The molecule has 0 saturated heterocycles. The van der Waals surface area contributed by atoms with E-state index in [1.54, 1.807) is 31.6 Å². The largest absolute Gasteiger partial charge is 0.472 e. The Balaban J connectivity index is 1.65. The Labute approximate surface area is 138 Å². The molecule has 2 aromatic heterocycles. The SMILES string of the molecule is C[C@](O)(CNC(=O)/C=C/c1ccoc1)c1cc2ccccc2s1. The van der Waals surface area contributed by atoms with Crippen LogP contribution in [0.4, 0.5) is 0 Å². The average Bonchev–Trinajstić information content (AvgIpc) is 3.20. The van der Waals surface area contributed by atoms with Crippen molar-refractivity contribution in [3.63, 3.8) is 0 Å². The number of furan rings is 1. The number of thiophene rings is 1. The number of aliphatic hydroxyl groups is 1. The molecular weight excluding hydrogens is 310 g/mol. The van der Waals surface area contributed by atoms with Crippen molar-refractivity contribution < 1.29 is 14.3 Å². The molecule has 23 heavy (non-hydrogen) atoms. The van der Waals surface area contributed by atoms with Gasteiger partial charge in [0.05, 0.1) is 19.1 Å². The van der Waals surface area contributed by atoms with Crippen LogP contribution in [0.1, 0.15) is 17.4 Å². The summed E-state index contributed by atoms with van der Waals surface area (Å²) in [6.07, 6.45) is 6.18. The third-order valence-corrected chi connectivity index (χ3v) is 4.90. The molecule has 1 amide bonds. The summed E-state index contributed by atoms with van der Waals surface area (Å²) in [5.41, 5.74) is -0.292. The third-order valence-electron chi connectivity index (χ3n) is 3.53. The molecule has 0 spiro atoms. The fourth-order valence-corrected chi connectivity index (χ4v) is 3.30. The molecule has 4 nitrogen and oxygen atoms in total. The summed E-state index contributed by atoms with van der Waals surface area (Å²) in [5, 5.41) is 14.5. The van der Waals surface area contributed by atoms with Gasteiger partial charge in [-0.25, -0.2) is 0 Å². The van der Waals surface area contributed by atoms with Crippen LogP contribution < -0.4 is 5.32 Å². The molecule has 118 valence electrons. The number of nitrogens with one attached hydrogen (secondary N) is 1. The Bertz CT molecular complexity index is 798. The van der Waals surface area contributed by atoms with E-state index < -0.39 is 5.60 Å². The predicted octanol–water partition coefficient (Wildman–Crippen LogP) is 3.53. The van der Waals surface area contributed by atoms with Gasteiger partial charge < -0.3 is 14.8 Å². The lowest BCUT2D eigenvalue weighted by molar-refractivity contribution is -0.117. The number of hydrogen-bond donors (Lipinski definition) is 2.